The largest absolute Gasteiger partial charge is 0.463 e. The molecule has 11 heavy (non-hydrogen) atoms. The molecule has 64 valence electrons. The van der Waals surface area contributed by atoms with Crippen molar-refractivity contribution < 1.29 is 19.8 Å². The van der Waals surface area contributed by atoms with Crippen LogP contribution < -0.4 is 0 Å². The van der Waals surface area contributed by atoms with Gasteiger partial charge in [0.15, 0.2) is 5.78 Å². The van der Waals surface area contributed by atoms with Crippen molar-refractivity contribution in [3.05, 3.63) is 0 Å². The zero-order chi connectivity index (χ0) is 12.4. The summed E-state index contributed by atoms with van der Waals surface area (Å²) in [6, 6.07) is 0. The number of carbonyl (C=O) groups excluding carboxylic acids is 2. The predicted molar refractivity (Wildman–Crippen MR) is 41.6 cm³/mol. The highest BCUT2D eigenvalue weighted by atomic mass is 35.5. The van der Waals surface area contributed by atoms with Crippen LogP contribution in [0.15, 0.2) is 0 Å². The minimum atomic E-state index is -3.07. The zero-order valence-corrected chi connectivity index (χ0v) is 6.94. The van der Waals surface area contributed by atoms with E-state index < -0.39 is 30.1 Å². The van der Waals surface area contributed by atoms with E-state index in [1.54, 1.807) is 0 Å². The highest BCUT2D eigenvalue weighted by molar-refractivity contribution is 6.28. The van der Waals surface area contributed by atoms with Gasteiger partial charge in [0.2, 0.25) is 0 Å². The number of ether oxygens (including phenoxy) is 1. The molecule has 0 aliphatic carbocycles. The zero-order valence-electron chi connectivity index (χ0n) is 10.2. The van der Waals surface area contributed by atoms with Crippen molar-refractivity contribution >= 4 is 23.4 Å². The van der Waals surface area contributed by atoms with Gasteiger partial charge in [-0.25, -0.2) is 0 Å². The maximum Gasteiger partial charge on any atom is 0.313 e. The third-order valence-corrected chi connectivity index (χ3v) is 0.816. The molecule has 0 unspecified atom stereocenters. The van der Waals surface area contributed by atoms with E-state index in [4.69, 9.17) is 17.1 Å². The van der Waals surface area contributed by atoms with E-state index >= 15 is 0 Å². The number of halogens is 1. The van der Waals surface area contributed by atoms with Crippen LogP contribution in [0.5, 0.6) is 0 Å². The molecule has 0 radical (unpaired) electrons. The van der Waals surface area contributed by atoms with E-state index in [1.165, 1.54) is 13.8 Å². The van der Waals surface area contributed by atoms with Crippen LogP contribution in [0, 0.1) is 0 Å². The lowest BCUT2D eigenvalue weighted by Gasteiger charge is -2.05. The fourth-order valence-electron chi connectivity index (χ4n) is 0.360. The molecule has 0 aromatic rings. The maximum atomic E-state index is 11.1. The van der Waals surface area contributed by atoms with Crippen LogP contribution in [0.3, 0.4) is 0 Å². The summed E-state index contributed by atoms with van der Waals surface area (Å²) in [6.07, 6.45) is -3.67. The minimum Gasteiger partial charge on any atom is -0.463 e. The van der Waals surface area contributed by atoms with Crippen molar-refractivity contribution in [2.75, 3.05) is 5.83 Å². The first-order valence-corrected chi connectivity index (χ1v) is 3.32. The number of hydrogen-bond acceptors (Lipinski definition) is 3. The van der Waals surface area contributed by atoms with Gasteiger partial charge in [0.05, 0.1) is 14.7 Å². The van der Waals surface area contributed by atoms with Crippen molar-refractivity contribution in [2.24, 2.45) is 0 Å². The van der Waals surface area contributed by atoms with Crippen LogP contribution in [0.4, 0.5) is 0 Å². The predicted octanol–water partition coefficient (Wildman–Crippen LogP) is 1.14. The van der Waals surface area contributed by atoms with Crippen molar-refractivity contribution in [1.82, 2.24) is 0 Å². The Balaban J connectivity index is 4.83. The molecule has 0 aromatic heterocycles. The van der Waals surface area contributed by atoms with Crippen LogP contribution in [0.1, 0.15) is 25.7 Å². The third-order valence-electron chi connectivity index (χ3n) is 0.644. The lowest BCUT2D eigenvalue weighted by molar-refractivity contribution is -0.149. The van der Waals surface area contributed by atoms with Gasteiger partial charge in [-0.05, 0) is 13.8 Å². The summed E-state index contributed by atoms with van der Waals surface area (Å²) in [7, 11) is 0. The summed E-state index contributed by atoms with van der Waals surface area (Å²) in [5.41, 5.74) is 0. The molecule has 0 N–H and O–H groups in total. The molecule has 0 aromatic carbocycles. The monoisotopic (exact) mass is 182 g/mol. The summed E-state index contributed by atoms with van der Waals surface area (Å²) in [5.74, 6) is -6.03. The van der Waals surface area contributed by atoms with E-state index in [9.17, 15) is 9.59 Å². The molecule has 0 aliphatic rings. The lowest BCUT2D eigenvalue weighted by atomic mass is 10.3. The van der Waals surface area contributed by atoms with Crippen LogP contribution in [0.25, 0.3) is 0 Å². The smallest absolute Gasteiger partial charge is 0.313 e. The Kier molecular flexibility index (Phi) is 2.40. The van der Waals surface area contributed by atoms with Crippen LogP contribution in [-0.4, -0.2) is 23.7 Å². The van der Waals surface area contributed by atoms with E-state index in [0.717, 1.165) is 0 Å². The molecule has 0 amide bonds. The van der Waals surface area contributed by atoms with Crippen LogP contribution >= 0.6 is 11.6 Å². The molecular formula is C7H11ClO3. The summed E-state index contributed by atoms with van der Waals surface area (Å²) in [6.45, 7) is 2.96. The van der Waals surface area contributed by atoms with Crippen LogP contribution in [-0.2, 0) is 14.3 Å². The van der Waals surface area contributed by atoms with Gasteiger partial charge in [-0.2, -0.15) is 0 Å². The number of esters is 1. The van der Waals surface area contributed by atoms with Gasteiger partial charge >= 0.3 is 5.97 Å². The molecule has 0 saturated carbocycles. The van der Waals surface area contributed by atoms with Gasteiger partial charge in [0, 0.05) is 2.74 Å². The Morgan fingerprint density at radius 3 is 2.55 bits per heavy atom. The highest BCUT2D eigenvalue weighted by Crippen LogP contribution is 1.95. The lowest BCUT2D eigenvalue weighted by Crippen LogP contribution is -2.15. The quantitative estimate of drug-likeness (QED) is 0.372. The van der Waals surface area contributed by atoms with E-state index in [1.807, 2.05) is 0 Å². The van der Waals surface area contributed by atoms with E-state index in [0.29, 0.717) is 0 Å². The second-order valence-corrected chi connectivity index (χ2v) is 2.19. The number of rotatable bonds is 4. The van der Waals surface area contributed by atoms with Gasteiger partial charge in [-0.15, -0.1) is 11.6 Å². The molecule has 0 spiro atoms. The van der Waals surface area contributed by atoms with Crippen molar-refractivity contribution in [1.29, 1.82) is 0 Å². The van der Waals surface area contributed by atoms with E-state index in [2.05, 4.69) is 4.74 Å². The summed E-state index contributed by atoms with van der Waals surface area (Å²) in [4.78, 5) is 22.2. The summed E-state index contributed by atoms with van der Waals surface area (Å²) in [5, 5.41) is 0. The van der Waals surface area contributed by atoms with Gasteiger partial charge < -0.3 is 4.74 Å². The van der Waals surface area contributed by atoms with Crippen LogP contribution in [0.2, 0.25) is 0 Å². The van der Waals surface area contributed by atoms with Gasteiger partial charge in [-0.1, -0.05) is 0 Å². The molecule has 3 nitrogen and oxygen atoms in total. The first-order chi connectivity index (χ1) is 6.49. The molecule has 0 heterocycles. The second-order valence-electron chi connectivity index (χ2n) is 2.00. The first kappa shape index (κ1) is 5.14. The summed E-state index contributed by atoms with van der Waals surface area (Å²) < 4.78 is 32.3. The molecule has 0 atom stereocenters. The van der Waals surface area contributed by atoms with Gasteiger partial charge in [0.1, 0.15) is 6.37 Å². The highest BCUT2D eigenvalue weighted by Gasteiger charge is 2.10. The number of carbonyl (C=O) groups is 2. The Morgan fingerprint density at radius 2 is 2.18 bits per heavy atom. The maximum absolute atomic E-state index is 11.1. The number of hydrogen-bond donors (Lipinski definition) is 0. The van der Waals surface area contributed by atoms with Gasteiger partial charge in [0.25, 0.3) is 0 Å². The Hall–Kier alpha value is -0.570. The average molecular weight is 183 g/mol. The molecule has 0 rings (SSSR count). The molecule has 0 fully saturated rings. The SMILES string of the molecule is [2H]C([2H])(Cl)C(=O)C([2H])([2H])C(=O)OC(C)C. The topological polar surface area (TPSA) is 43.4 Å². The Morgan fingerprint density at radius 1 is 1.64 bits per heavy atom. The molecule has 0 bridgehead atoms. The van der Waals surface area contributed by atoms with Crippen molar-refractivity contribution in [3.63, 3.8) is 0 Å². The first-order valence-electron chi connectivity index (χ1n) is 4.94. The molecule has 0 saturated heterocycles. The third kappa shape index (κ3) is 5.85. The molecule has 0 aliphatic heterocycles. The summed E-state index contributed by atoms with van der Waals surface area (Å²) >= 11 is 4.98. The van der Waals surface area contributed by atoms with E-state index in [-0.39, 0.29) is 0 Å². The average Bonchev–Trinajstić information content (AvgIpc) is 1.99. The second kappa shape index (κ2) is 5.13. The fourth-order valence-corrected chi connectivity index (χ4v) is 0.407. The number of ketones is 1. The van der Waals surface area contributed by atoms with Crippen molar-refractivity contribution in [3.8, 4) is 0 Å². The molecule has 4 heteroatoms. The number of Topliss-reactive ketones (excluding diaryl/α,β-unsaturated/α-hetero) is 1. The molecular weight excluding hydrogens is 168 g/mol. The fraction of sp³-hybridized carbons (Fsp3) is 0.714. The number of alkyl halides is 1. The Bertz CT molecular complexity index is 272. The Labute approximate surface area is 76.3 Å². The van der Waals surface area contributed by atoms with Gasteiger partial charge in [-0.3, -0.25) is 9.59 Å². The normalized spacial score (nSPS) is 17.8. The van der Waals surface area contributed by atoms with Crippen molar-refractivity contribution in [2.45, 2.75) is 26.3 Å². The standard InChI is InChI=1S/C7H11ClO3/c1-5(2)11-7(10)3-6(9)4-8/h5H,3-4H2,1-2H3/i3D2,4D2. The minimum absolute atomic E-state index is 0.596.